The monoisotopic (exact) mass is 298 g/mol. The third-order valence-corrected chi connectivity index (χ3v) is 3.52. The highest BCUT2D eigenvalue weighted by molar-refractivity contribution is 9.10. The first-order chi connectivity index (χ1) is 7.75. The lowest BCUT2D eigenvalue weighted by molar-refractivity contribution is 0.0950. The van der Waals surface area contributed by atoms with Gasteiger partial charge in [-0.05, 0) is 39.9 Å². The van der Waals surface area contributed by atoms with Crippen LogP contribution in [0.3, 0.4) is 0 Å². The number of aromatic amines is 1. The van der Waals surface area contributed by atoms with Crippen molar-refractivity contribution in [1.82, 2.24) is 10.3 Å². The van der Waals surface area contributed by atoms with E-state index in [1.807, 2.05) is 11.4 Å². The van der Waals surface area contributed by atoms with Crippen molar-refractivity contribution in [2.24, 2.45) is 0 Å². The summed E-state index contributed by atoms with van der Waals surface area (Å²) in [7, 11) is 0. The molecule has 0 unspecified atom stereocenters. The lowest BCUT2D eigenvalue weighted by Crippen LogP contribution is -2.25. The molecule has 0 atom stereocenters. The number of halogens is 1. The van der Waals surface area contributed by atoms with Crippen LogP contribution in [0.15, 0.2) is 34.2 Å². The van der Waals surface area contributed by atoms with E-state index in [1.165, 1.54) is 4.88 Å². The van der Waals surface area contributed by atoms with E-state index in [0.29, 0.717) is 12.2 Å². The van der Waals surface area contributed by atoms with Gasteiger partial charge in [0, 0.05) is 22.1 Å². The molecule has 0 saturated heterocycles. The van der Waals surface area contributed by atoms with E-state index in [2.05, 4.69) is 32.3 Å². The predicted octanol–water partition coefficient (Wildman–Crippen LogP) is 2.81. The summed E-state index contributed by atoms with van der Waals surface area (Å²) in [6.07, 6.45) is 2.62. The molecule has 0 aliphatic carbocycles. The molecule has 0 aromatic carbocycles. The Morgan fingerprint density at radius 1 is 1.56 bits per heavy atom. The average molecular weight is 299 g/mol. The van der Waals surface area contributed by atoms with Gasteiger partial charge in [0.1, 0.15) is 5.69 Å². The van der Waals surface area contributed by atoms with Crippen LogP contribution in [-0.2, 0) is 6.42 Å². The lowest BCUT2D eigenvalue weighted by atomic mass is 10.3. The maximum atomic E-state index is 11.6. The van der Waals surface area contributed by atoms with Crippen LogP contribution >= 0.6 is 27.3 Å². The molecule has 1 amide bonds. The van der Waals surface area contributed by atoms with Gasteiger partial charge in [-0.25, -0.2) is 0 Å². The summed E-state index contributed by atoms with van der Waals surface area (Å²) in [5.41, 5.74) is 0.582. The van der Waals surface area contributed by atoms with Crippen LogP contribution in [0.25, 0.3) is 0 Å². The second-order valence-corrected chi connectivity index (χ2v) is 5.26. The Hall–Kier alpha value is -1.07. The maximum Gasteiger partial charge on any atom is 0.267 e. The van der Waals surface area contributed by atoms with Crippen molar-refractivity contribution < 1.29 is 4.79 Å². The second kappa shape index (κ2) is 5.32. The van der Waals surface area contributed by atoms with Crippen LogP contribution < -0.4 is 5.32 Å². The predicted molar refractivity (Wildman–Crippen MR) is 68.8 cm³/mol. The highest BCUT2D eigenvalue weighted by atomic mass is 79.9. The van der Waals surface area contributed by atoms with Crippen molar-refractivity contribution in [2.75, 3.05) is 6.54 Å². The van der Waals surface area contributed by atoms with Crippen molar-refractivity contribution in [3.63, 3.8) is 0 Å². The first-order valence-electron chi connectivity index (χ1n) is 4.90. The number of amides is 1. The van der Waals surface area contributed by atoms with Crippen LogP contribution in [0.4, 0.5) is 0 Å². The van der Waals surface area contributed by atoms with Crippen LogP contribution in [0, 0.1) is 0 Å². The highest BCUT2D eigenvalue weighted by Crippen LogP contribution is 2.11. The summed E-state index contributed by atoms with van der Waals surface area (Å²) in [5.74, 6) is -0.0674. The van der Waals surface area contributed by atoms with Crippen molar-refractivity contribution in [3.8, 4) is 0 Å². The minimum absolute atomic E-state index is 0.0674. The van der Waals surface area contributed by atoms with Gasteiger partial charge in [0.05, 0.1) is 0 Å². The standard InChI is InChI=1S/C11H11BrN2OS/c12-8-6-10(14-7-8)11(15)13-4-3-9-2-1-5-16-9/h1-2,5-7,14H,3-4H2,(H,13,15). The number of carbonyl (C=O) groups excluding carboxylic acids is 1. The van der Waals surface area contributed by atoms with Gasteiger partial charge in [-0.15, -0.1) is 11.3 Å². The molecular formula is C11H11BrN2OS. The van der Waals surface area contributed by atoms with Gasteiger partial charge >= 0.3 is 0 Å². The number of hydrogen-bond donors (Lipinski definition) is 2. The lowest BCUT2D eigenvalue weighted by Gasteiger charge is -2.01. The third-order valence-electron chi connectivity index (χ3n) is 2.13. The van der Waals surface area contributed by atoms with Crippen LogP contribution in [0.1, 0.15) is 15.4 Å². The van der Waals surface area contributed by atoms with Crippen molar-refractivity contribution >= 4 is 33.2 Å². The molecule has 2 heterocycles. The summed E-state index contributed by atoms with van der Waals surface area (Å²) >= 11 is 5.00. The fourth-order valence-electron chi connectivity index (χ4n) is 1.35. The molecule has 0 aliphatic rings. The smallest absolute Gasteiger partial charge is 0.267 e. The zero-order chi connectivity index (χ0) is 11.4. The van der Waals surface area contributed by atoms with Gasteiger partial charge < -0.3 is 10.3 Å². The first kappa shape index (κ1) is 11.4. The second-order valence-electron chi connectivity index (χ2n) is 3.32. The number of H-pyrrole nitrogens is 1. The Morgan fingerprint density at radius 2 is 2.44 bits per heavy atom. The van der Waals surface area contributed by atoms with Crippen LogP contribution in [0.5, 0.6) is 0 Å². The fraction of sp³-hybridized carbons (Fsp3) is 0.182. The Bertz CT molecular complexity index is 464. The Morgan fingerprint density at radius 3 is 3.06 bits per heavy atom. The molecule has 16 heavy (non-hydrogen) atoms. The molecule has 0 saturated carbocycles. The van der Waals surface area contributed by atoms with E-state index < -0.39 is 0 Å². The van der Waals surface area contributed by atoms with Gasteiger partial charge in [0.25, 0.3) is 5.91 Å². The Labute approximate surface area is 106 Å². The molecule has 0 bridgehead atoms. The van der Waals surface area contributed by atoms with Crippen molar-refractivity contribution in [1.29, 1.82) is 0 Å². The SMILES string of the molecule is O=C(NCCc1cccs1)c1cc(Br)c[nH]1. The molecule has 84 valence electrons. The van der Waals surface area contributed by atoms with E-state index in [9.17, 15) is 4.79 Å². The molecule has 2 N–H and O–H groups in total. The largest absolute Gasteiger partial charge is 0.356 e. The van der Waals surface area contributed by atoms with Crippen molar-refractivity contribution in [2.45, 2.75) is 6.42 Å². The van der Waals surface area contributed by atoms with Crippen LogP contribution in [-0.4, -0.2) is 17.4 Å². The van der Waals surface area contributed by atoms with Crippen molar-refractivity contribution in [3.05, 3.63) is 44.8 Å². The summed E-state index contributed by atoms with van der Waals surface area (Å²) in [6.45, 7) is 0.663. The van der Waals surface area contributed by atoms with E-state index in [0.717, 1.165) is 10.9 Å². The Balaban J connectivity index is 1.80. The quantitative estimate of drug-likeness (QED) is 0.896. The number of rotatable bonds is 4. The topological polar surface area (TPSA) is 44.9 Å². The fourth-order valence-corrected chi connectivity index (χ4v) is 2.40. The zero-order valence-corrected chi connectivity index (χ0v) is 10.9. The molecule has 0 radical (unpaired) electrons. The molecule has 2 rings (SSSR count). The van der Waals surface area contributed by atoms with Gasteiger partial charge in [0.2, 0.25) is 0 Å². The third kappa shape index (κ3) is 2.96. The van der Waals surface area contributed by atoms with Gasteiger partial charge in [-0.1, -0.05) is 6.07 Å². The molecule has 2 aromatic rings. The van der Waals surface area contributed by atoms with E-state index in [1.54, 1.807) is 23.6 Å². The minimum atomic E-state index is -0.0674. The summed E-state index contributed by atoms with van der Waals surface area (Å²) in [5, 5.41) is 4.91. The highest BCUT2D eigenvalue weighted by Gasteiger charge is 2.06. The number of hydrogen-bond acceptors (Lipinski definition) is 2. The summed E-state index contributed by atoms with van der Waals surface area (Å²) in [6, 6.07) is 5.85. The maximum absolute atomic E-state index is 11.6. The molecule has 0 spiro atoms. The number of aromatic nitrogens is 1. The average Bonchev–Trinajstić information content (AvgIpc) is 2.89. The molecule has 3 nitrogen and oxygen atoms in total. The van der Waals surface area contributed by atoms with E-state index >= 15 is 0 Å². The summed E-state index contributed by atoms with van der Waals surface area (Å²) < 4.78 is 0.885. The van der Waals surface area contributed by atoms with E-state index in [-0.39, 0.29) is 5.91 Å². The first-order valence-corrected chi connectivity index (χ1v) is 6.57. The summed E-state index contributed by atoms with van der Waals surface area (Å²) in [4.78, 5) is 15.8. The normalized spacial score (nSPS) is 10.3. The van der Waals surface area contributed by atoms with E-state index in [4.69, 9.17) is 0 Å². The number of carbonyl (C=O) groups is 1. The van der Waals surface area contributed by atoms with Crippen LogP contribution in [0.2, 0.25) is 0 Å². The van der Waals surface area contributed by atoms with Gasteiger partial charge in [-0.3, -0.25) is 4.79 Å². The Kier molecular flexibility index (Phi) is 3.79. The molecule has 0 fully saturated rings. The molecule has 0 aliphatic heterocycles. The number of nitrogens with one attached hydrogen (secondary N) is 2. The molecule has 5 heteroatoms. The zero-order valence-electron chi connectivity index (χ0n) is 8.50. The van der Waals surface area contributed by atoms with Gasteiger partial charge in [-0.2, -0.15) is 0 Å². The van der Waals surface area contributed by atoms with Gasteiger partial charge in [0.15, 0.2) is 0 Å². The minimum Gasteiger partial charge on any atom is -0.356 e. The number of thiophene rings is 1. The molecule has 2 aromatic heterocycles. The molecular weight excluding hydrogens is 288 g/mol.